The summed E-state index contributed by atoms with van der Waals surface area (Å²) in [6.07, 6.45) is 0.867. The van der Waals surface area contributed by atoms with E-state index in [2.05, 4.69) is 15.3 Å². The molecule has 0 bridgehead atoms. The topological polar surface area (TPSA) is 84.1 Å². The van der Waals surface area contributed by atoms with Gasteiger partial charge in [-0.1, -0.05) is 48.9 Å². The second-order valence-electron chi connectivity index (χ2n) is 6.04. The van der Waals surface area contributed by atoms with Crippen LogP contribution in [0.5, 0.6) is 5.75 Å². The number of phenolic OH excluding ortho intramolecular Hbond substituents is 1. The van der Waals surface area contributed by atoms with Crippen molar-refractivity contribution in [3.63, 3.8) is 0 Å². The summed E-state index contributed by atoms with van der Waals surface area (Å²) < 4.78 is 0. The normalized spacial score (nSPS) is 12.0. The number of hydrogen-bond donors (Lipinski definition) is 3. The van der Waals surface area contributed by atoms with Crippen molar-refractivity contribution in [1.29, 1.82) is 0 Å². The minimum Gasteiger partial charge on any atom is -0.507 e. The predicted molar refractivity (Wildman–Crippen MR) is 106 cm³/mol. The quantitative estimate of drug-likeness (QED) is 0.603. The Bertz CT molecular complexity index is 886. The van der Waals surface area contributed by atoms with Crippen molar-refractivity contribution in [2.75, 3.05) is 11.9 Å². The molecule has 6 heteroatoms. The summed E-state index contributed by atoms with van der Waals surface area (Å²) >= 11 is 6.09. The van der Waals surface area contributed by atoms with Gasteiger partial charge in [-0.2, -0.15) is 0 Å². The number of hydrogen-bond acceptors (Lipinski definition) is 5. The SMILES string of the molecule is CC[C@H](N)CNc1cc(-c2ccccc2)nc(-c2cc(Cl)ccc2O)n1. The molecule has 26 heavy (non-hydrogen) atoms. The molecule has 0 aliphatic rings. The van der Waals surface area contributed by atoms with Crippen molar-refractivity contribution in [3.05, 3.63) is 59.6 Å². The maximum atomic E-state index is 10.2. The van der Waals surface area contributed by atoms with Crippen molar-refractivity contribution in [2.24, 2.45) is 5.73 Å². The van der Waals surface area contributed by atoms with E-state index in [1.165, 1.54) is 6.07 Å². The van der Waals surface area contributed by atoms with E-state index in [0.717, 1.165) is 17.7 Å². The lowest BCUT2D eigenvalue weighted by atomic mass is 10.1. The van der Waals surface area contributed by atoms with Crippen LogP contribution in [0.1, 0.15) is 13.3 Å². The van der Waals surface area contributed by atoms with Gasteiger partial charge in [0.05, 0.1) is 11.3 Å². The number of aromatic hydroxyl groups is 1. The molecule has 0 fully saturated rings. The lowest BCUT2D eigenvalue weighted by Gasteiger charge is -2.14. The average Bonchev–Trinajstić information content (AvgIpc) is 2.68. The lowest BCUT2D eigenvalue weighted by Crippen LogP contribution is -2.28. The summed E-state index contributed by atoms with van der Waals surface area (Å²) in [5.74, 6) is 1.13. The molecule has 5 nitrogen and oxygen atoms in total. The zero-order chi connectivity index (χ0) is 18.5. The number of nitrogens with two attached hydrogens (primary N) is 1. The average molecular weight is 369 g/mol. The molecule has 0 radical (unpaired) electrons. The van der Waals surface area contributed by atoms with Crippen LogP contribution in [0, 0.1) is 0 Å². The van der Waals surface area contributed by atoms with Crippen molar-refractivity contribution < 1.29 is 5.11 Å². The molecule has 1 atom stereocenters. The smallest absolute Gasteiger partial charge is 0.165 e. The van der Waals surface area contributed by atoms with Crippen molar-refractivity contribution in [2.45, 2.75) is 19.4 Å². The van der Waals surface area contributed by atoms with Crippen LogP contribution in [-0.2, 0) is 0 Å². The first-order valence-corrected chi connectivity index (χ1v) is 8.87. The van der Waals surface area contributed by atoms with Crippen LogP contribution in [-0.4, -0.2) is 27.7 Å². The highest BCUT2D eigenvalue weighted by Crippen LogP contribution is 2.32. The second-order valence-corrected chi connectivity index (χ2v) is 6.48. The fraction of sp³-hybridized carbons (Fsp3) is 0.200. The molecule has 0 saturated heterocycles. The van der Waals surface area contributed by atoms with Gasteiger partial charge in [0.2, 0.25) is 0 Å². The fourth-order valence-electron chi connectivity index (χ4n) is 2.48. The number of nitrogens with one attached hydrogen (secondary N) is 1. The van der Waals surface area contributed by atoms with Gasteiger partial charge in [-0.3, -0.25) is 0 Å². The van der Waals surface area contributed by atoms with Gasteiger partial charge in [0, 0.05) is 29.2 Å². The van der Waals surface area contributed by atoms with Crippen LogP contribution < -0.4 is 11.1 Å². The summed E-state index contributed by atoms with van der Waals surface area (Å²) in [4.78, 5) is 9.16. The number of aromatic nitrogens is 2. The Kier molecular flexibility index (Phi) is 5.71. The molecule has 0 saturated carbocycles. The third-order valence-corrected chi connectivity index (χ3v) is 4.30. The van der Waals surface area contributed by atoms with E-state index in [1.54, 1.807) is 12.1 Å². The van der Waals surface area contributed by atoms with E-state index in [9.17, 15) is 5.11 Å². The standard InChI is InChI=1S/C20H21ClN4O/c1-2-15(22)12-23-19-11-17(13-6-4-3-5-7-13)24-20(25-19)16-10-14(21)8-9-18(16)26/h3-11,15,26H,2,12,22H2,1H3,(H,23,24,25)/t15-/m0/s1. The fourth-order valence-corrected chi connectivity index (χ4v) is 2.65. The van der Waals surface area contributed by atoms with Gasteiger partial charge in [0.15, 0.2) is 5.82 Å². The van der Waals surface area contributed by atoms with E-state index in [4.69, 9.17) is 17.3 Å². The van der Waals surface area contributed by atoms with Crippen LogP contribution in [0.15, 0.2) is 54.6 Å². The van der Waals surface area contributed by atoms with E-state index in [-0.39, 0.29) is 11.8 Å². The molecule has 134 valence electrons. The third kappa shape index (κ3) is 4.31. The monoisotopic (exact) mass is 368 g/mol. The molecule has 4 N–H and O–H groups in total. The molecule has 0 amide bonds. The number of phenols is 1. The highest BCUT2D eigenvalue weighted by Gasteiger charge is 2.13. The number of rotatable bonds is 6. The first-order valence-electron chi connectivity index (χ1n) is 8.49. The molecule has 3 rings (SSSR count). The van der Waals surface area contributed by atoms with E-state index in [0.29, 0.717) is 28.8 Å². The van der Waals surface area contributed by atoms with Crippen LogP contribution in [0.2, 0.25) is 5.02 Å². The molecule has 0 aliphatic carbocycles. The van der Waals surface area contributed by atoms with Gasteiger partial charge < -0.3 is 16.2 Å². The number of halogens is 1. The highest BCUT2D eigenvalue weighted by molar-refractivity contribution is 6.30. The lowest BCUT2D eigenvalue weighted by molar-refractivity contribution is 0.477. The Morgan fingerprint density at radius 1 is 1.12 bits per heavy atom. The zero-order valence-corrected chi connectivity index (χ0v) is 15.2. The molecule has 0 aliphatic heterocycles. The Balaban J connectivity index is 2.06. The van der Waals surface area contributed by atoms with E-state index >= 15 is 0 Å². The first-order chi connectivity index (χ1) is 12.6. The summed E-state index contributed by atoms with van der Waals surface area (Å²) in [6, 6.07) is 16.5. The van der Waals surface area contributed by atoms with Crippen molar-refractivity contribution in [1.82, 2.24) is 9.97 Å². The summed E-state index contributed by atoms with van der Waals surface area (Å²) in [7, 11) is 0. The van der Waals surface area contributed by atoms with Crippen molar-refractivity contribution in [3.8, 4) is 28.4 Å². The second kappa shape index (κ2) is 8.17. The molecule has 1 aromatic heterocycles. The maximum Gasteiger partial charge on any atom is 0.165 e. The number of benzene rings is 2. The minimum absolute atomic E-state index is 0.0353. The number of nitrogens with zero attached hydrogens (tertiary/aromatic N) is 2. The summed E-state index contributed by atoms with van der Waals surface area (Å²) in [5, 5.41) is 14.0. The van der Waals surface area contributed by atoms with Crippen LogP contribution in [0.3, 0.4) is 0 Å². The molecule has 0 unspecified atom stereocenters. The third-order valence-electron chi connectivity index (χ3n) is 4.06. The van der Waals surface area contributed by atoms with Crippen LogP contribution in [0.4, 0.5) is 5.82 Å². The summed E-state index contributed by atoms with van der Waals surface area (Å²) in [5.41, 5.74) is 8.20. The predicted octanol–water partition coefficient (Wildman–Crippen LogP) is 4.32. The van der Waals surface area contributed by atoms with E-state index < -0.39 is 0 Å². The largest absolute Gasteiger partial charge is 0.507 e. The highest BCUT2D eigenvalue weighted by atomic mass is 35.5. The molecule has 2 aromatic carbocycles. The summed E-state index contributed by atoms with van der Waals surface area (Å²) in [6.45, 7) is 2.64. The minimum atomic E-state index is 0.0353. The first kappa shape index (κ1) is 18.2. The van der Waals surface area contributed by atoms with Crippen LogP contribution in [0.25, 0.3) is 22.6 Å². The zero-order valence-electron chi connectivity index (χ0n) is 14.5. The Hall–Kier alpha value is -2.63. The molecular formula is C20H21ClN4O. The van der Waals surface area contributed by atoms with Crippen molar-refractivity contribution >= 4 is 17.4 Å². The van der Waals surface area contributed by atoms with Gasteiger partial charge >= 0.3 is 0 Å². The Morgan fingerprint density at radius 3 is 2.62 bits per heavy atom. The molecular weight excluding hydrogens is 348 g/mol. The van der Waals surface area contributed by atoms with Gasteiger partial charge in [-0.05, 0) is 24.6 Å². The molecule has 1 heterocycles. The molecule has 0 spiro atoms. The van der Waals surface area contributed by atoms with Gasteiger partial charge in [-0.25, -0.2) is 9.97 Å². The number of anilines is 1. The van der Waals surface area contributed by atoms with Gasteiger partial charge in [-0.15, -0.1) is 0 Å². The van der Waals surface area contributed by atoms with E-state index in [1.807, 2.05) is 43.3 Å². The maximum absolute atomic E-state index is 10.2. The van der Waals surface area contributed by atoms with Crippen LogP contribution >= 0.6 is 11.6 Å². The van der Waals surface area contributed by atoms with Gasteiger partial charge in [0.25, 0.3) is 0 Å². The Labute approximate surface area is 157 Å². The molecule has 3 aromatic rings. The Morgan fingerprint density at radius 2 is 1.88 bits per heavy atom. The van der Waals surface area contributed by atoms with Gasteiger partial charge in [0.1, 0.15) is 11.6 Å².